The molecular formula is C5H12O3PS+. The Labute approximate surface area is 67.1 Å². The molecule has 1 atom stereocenters. The number of rotatable bonds is 4. The van der Waals surface area contributed by atoms with Gasteiger partial charge in [-0.25, -0.2) is 0 Å². The van der Waals surface area contributed by atoms with E-state index in [0.717, 1.165) is 0 Å². The predicted molar refractivity (Wildman–Crippen MR) is 43.4 cm³/mol. The van der Waals surface area contributed by atoms with Gasteiger partial charge in [-0.15, -0.1) is 4.52 Å². The van der Waals surface area contributed by atoms with Crippen LogP contribution in [0.5, 0.6) is 0 Å². The van der Waals surface area contributed by atoms with Gasteiger partial charge in [0.1, 0.15) is 12.2 Å². The van der Waals surface area contributed by atoms with Crippen molar-refractivity contribution in [3.63, 3.8) is 0 Å². The summed E-state index contributed by atoms with van der Waals surface area (Å²) in [6, 6.07) is 0. The van der Waals surface area contributed by atoms with Crippen LogP contribution < -0.4 is 0 Å². The summed E-state index contributed by atoms with van der Waals surface area (Å²) in [6.45, 7) is 5.76. The molecule has 5 heteroatoms. The largest absolute Gasteiger partial charge is 0.585 e. The fraction of sp³-hybridized carbons (Fsp3) is 1.00. The third kappa shape index (κ3) is 5.18. The van der Waals surface area contributed by atoms with Crippen molar-refractivity contribution in [1.82, 2.24) is 0 Å². The van der Waals surface area contributed by atoms with E-state index in [2.05, 4.69) is 12.2 Å². The lowest BCUT2D eigenvalue weighted by Crippen LogP contribution is -2.24. The fourth-order valence-corrected chi connectivity index (χ4v) is 1.58. The average molecular weight is 183 g/mol. The highest BCUT2D eigenvalue weighted by molar-refractivity contribution is 8.39. The Morgan fingerprint density at radius 1 is 1.60 bits per heavy atom. The zero-order chi connectivity index (χ0) is 8.20. The molecule has 0 aromatic carbocycles. The van der Waals surface area contributed by atoms with Crippen molar-refractivity contribution in [2.24, 2.45) is 0 Å². The second-order valence-corrected chi connectivity index (χ2v) is 3.80. The molecule has 0 N–H and O–H groups in total. The second kappa shape index (κ2) is 4.29. The van der Waals surface area contributed by atoms with Gasteiger partial charge < -0.3 is 4.74 Å². The summed E-state index contributed by atoms with van der Waals surface area (Å²) in [5.74, 6) is -0.788. The summed E-state index contributed by atoms with van der Waals surface area (Å²) < 4.78 is 20.4. The molecule has 0 fully saturated rings. The molecule has 0 rings (SSSR count). The summed E-state index contributed by atoms with van der Waals surface area (Å²) in [6.07, 6.45) is 0. The van der Waals surface area contributed by atoms with Crippen molar-refractivity contribution in [1.29, 1.82) is 0 Å². The number of thiol groups is 1. The van der Waals surface area contributed by atoms with Crippen molar-refractivity contribution in [2.45, 2.75) is 26.6 Å². The number of hydrogen-bond acceptors (Lipinski definition) is 3. The van der Waals surface area contributed by atoms with Crippen LogP contribution in [0, 0.1) is 0 Å². The zero-order valence-corrected chi connectivity index (χ0v) is 8.12. The molecule has 60 valence electrons. The third-order valence-corrected chi connectivity index (χ3v) is 1.63. The quantitative estimate of drug-likeness (QED) is 0.413. The Hall–Kier alpha value is 0.370. The maximum absolute atomic E-state index is 10.4. The predicted octanol–water partition coefficient (Wildman–Crippen LogP) is 2.36. The lowest BCUT2D eigenvalue weighted by Gasteiger charge is -2.16. The SMILES string of the molecule is CCOC(C)(C)O[P+](=O)S. The van der Waals surface area contributed by atoms with Gasteiger partial charge in [0.2, 0.25) is 5.79 Å². The summed E-state index contributed by atoms with van der Waals surface area (Å²) in [5.41, 5.74) is 0. The minimum Gasteiger partial charge on any atom is -0.347 e. The zero-order valence-electron chi connectivity index (χ0n) is 6.33. The Kier molecular flexibility index (Phi) is 4.45. The molecule has 1 unspecified atom stereocenters. The van der Waals surface area contributed by atoms with Crippen LogP contribution >= 0.6 is 19.5 Å². The summed E-state index contributed by atoms with van der Waals surface area (Å²) in [7, 11) is -1.88. The van der Waals surface area contributed by atoms with Crippen molar-refractivity contribution in [3.05, 3.63) is 0 Å². The third-order valence-electron chi connectivity index (χ3n) is 0.790. The van der Waals surface area contributed by atoms with E-state index in [0.29, 0.717) is 6.61 Å². The van der Waals surface area contributed by atoms with Gasteiger partial charge in [-0.1, -0.05) is 0 Å². The van der Waals surface area contributed by atoms with Crippen LogP contribution in [0.15, 0.2) is 0 Å². The van der Waals surface area contributed by atoms with Crippen LogP contribution in [0.25, 0.3) is 0 Å². The topological polar surface area (TPSA) is 35.5 Å². The van der Waals surface area contributed by atoms with E-state index in [-0.39, 0.29) is 0 Å². The lowest BCUT2D eigenvalue weighted by atomic mass is 10.4. The highest BCUT2D eigenvalue weighted by Gasteiger charge is 2.29. The standard InChI is InChI=1S/C5H11O3PS/c1-4-7-5(2,3)8-9(6)10/h4H2,1-3H3/p+1. The monoisotopic (exact) mass is 183 g/mol. The van der Waals surface area contributed by atoms with Crippen molar-refractivity contribution < 1.29 is 13.8 Å². The number of ether oxygens (including phenoxy) is 1. The van der Waals surface area contributed by atoms with Gasteiger partial charge in [-0.2, -0.15) is 0 Å². The van der Waals surface area contributed by atoms with Crippen molar-refractivity contribution in [3.8, 4) is 0 Å². The molecule has 10 heavy (non-hydrogen) atoms. The summed E-state index contributed by atoms with van der Waals surface area (Å²) in [4.78, 5) is 0. The molecule has 0 aliphatic heterocycles. The first-order chi connectivity index (χ1) is 4.48. The van der Waals surface area contributed by atoms with E-state index in [1.165, 1.54) is 0 Å². The molecule has 3 nitrogen and oxygen atoms in total. The van der Waals surface area contributed by atoms with Gasteiger partial charge in [-0.3, -0.25) is 0 Å². The second-order valence-electron chi connectivity index (χ2n) is 2.16. The van der Waals surface area contributed by atoms with Crippen LogP contribution in [0.3, 0.4) is 0 Å². The van der Waals surface area contributed by atoms with Crippen molar-refractivity contribution in [2.75, 3.05) is 6.61 Å². The van der Waals surface area contributed by atoms with Crippen LogP contribution in [0.4, 0.5) is 0 Å². The average Bonchev–Trinajstić information content (AvgIpc) is 1.59. The number of hydrogen-bond donors (Lipinski definition) is 1. The molecule has 0 saturated carbocycles. The maximum Gasteiger partial charge on any atom is 0.585 e. The van der Waals surface area contributed by atoms with Gasteiger partial charge in [0.05, 0.1) is 0 Å². The van der Waals surface area contributed by atoms with E-state index >= 15 is 0 Å². The first kappa shape index (κ1) is 10.4. The highest BCUT2D eigenvalue weighted by atomic mass is 32.7. The summed E-state index contributed by atoms with van der Waals surface area (Å²) in [5, 5.41) is 0. The van der Waals surface area contributed by atoms with E-state index in [9.17, 15) is 4.57 Å². The normalized spacial score (nSPS) is 13.4. The Morgan fingerprint density at radius 2 is 2.10 bits per heavy atom. The first-order valence-electron chi connectivity index (χ1n) is 2.97. The molecular weight excluding hydrogens is 171 g/mol. The van der Waals surface area contributed by atoms with E-state index < -0.39 is 13.0 Å². The van der Waals surface area contributed by atoms with Gasteiger partial charge >= 0.3 is 7.23 Å². The molecule has 0 aromatic rings. The minimum atomic E-state index is -1.88. The molecule has 0 heterocycles. The van der Waals surface area contributed by atoms with Crippen LogP contribution in [-0.4, -0.2) is 12.4 Å². The molecule has 0 aromatic heterocycles. The van der Waals surface area contributed by atoms with Crippen LogP contribution in [-0.2, 0) is 13.8 Å². The Bertz CT molecular complexity index is 126. The Morgan fingerprint density at radius 3 is 2.40 bits per heavy atom. The van der Waals surface area contributed by atoms with Gasteiger partial charge in [0, 0.05) is 6.61 Å². The molecule has 0 amide bonds. The van der Waals surface area contributed by atoms with E-state index in [1.54, 1.807) is 13.8 Å². The Balaban J connectivity index is 3.74. The van der Waals surface area contributed by atoms with Crippen LogP contribution in [0.1, 0.15) is 20.8 Å². The molecule has 0 aliphatic rings. The minimum absolute atomic E-state index is 0.532. The van der Waals surface area contributed by atoms with Gasteiger partial charge in [0.25, 0.3) is 0 Å². The highest BCUT2D eigenvalue weighted by Crippen LogP contribution is 2.33. The maximum atomic E-state index is 10.4. The van der Waals surface area contributed by atoms with Crippen molar-refractivity contribution >= 4 is 19.5 Å². The molecule has 0 radical (unpaired) electrons. The van der Waals surface area contributed by atoms with E-state index in [4.69, 9.17) is 9.26 Å². The molecule has 0 bridgehead atoms. The lowest BCUT2D eigenvalue weighted by molar-refractivity contribution is -0.147. The smallest absolute Gasteiger partial charge is 0.347 e. The molecule has 0 saturated heterocycles. The van der Waals surface area contributed by atoms with E-state index in [1.807, 2.05) is 6.92 Å². The van der Waals surface area contributed by atoms with Crippen LogP contribution in [0.2, 0.25) is 0 Å². The summed E-state index contributed by atoms with van der Waals surface area (Å²) >= 11 is 3.59. The molecule has 0 spiro atoms. The van der Waals surface area contributed by atoms with Gasteiger partial charge in [0.15, 0.2) is 0 Å². The fourth-order valence-electron chi connectivity index (χ4n) is 0.562. The molecule has 0 aliphatic carbocycles. The first-order valence-corrected chi connectivity index (χ1v) is 5.30. The van der Waals surface area contributed by atoms with Gasteiger partial charge in [-0.05, 0) is 25.3 Å².